The molecule has 0 radical (unpaired) electrons. The lowest BCUT2D eigenvalue weighted by Gasteiger charge is -2.09. The van der Waals surface area contributed by atoms with Gasteiger partial charge in [-0.2, -0.15) is 0 Å². The molecule has 0 atom stereocenters. The molecule has 0 heterocycles. The van der Waals surface area contributed by atoms with Crippen LogP contribution in [0.25, 0.3) is 0 Å². The van der Waals surface area contributed by atoms with Crippen LogP contribution in [0.5, 0.6) is 5.75 Å². The minimum Gasteiger partial charge on any atom is -0.484 e. The van der Waals surface area contributed by atoms with Crippen LogP contribution in [0, 0.1) is 6.92 Å². The van der Waals surface area contributed by atoms with Crippen LogP contribution in [-0.4, -0.2) is 12.5 Å². The van der Waals surface area contributed by atoms with Gasteiger partial charge in [-0.15, -0.1) is 0 Å². The second-order valence-electron chi connectivity index (χ2n) is 5.49. The van der Waals surface area contributed by atoms with Crippen LogP contribution >= 0.6 is 0 Å². The van der Waals surface area contributed by atoms with Crippen molar-refractivity contribution < 1.29 is 9.53 Å². The summed E-state index contributed by atoms with van der Waals surface area (Å²) in [6, 6.07) is 13.8. The Hall–Kier alpha value is -2.29. The van der Waals surface area contributed by atoms with E-state index in [-0.39, 0.29) is 12.5 Å². The summed E-state index contributed by atoms with van der Waals surface area (Å²) in [6.45, 7) is 2.03. The predicted octanol–water partition coefficient (Wildman–Crippen LogP) is 3.50. The Morgan fingerprint density at radius 1 is 1.14 bits per heavy atom. The summed E-state index contributed by atoms with van der Waals surface area (Å²) < 4.78 is 5.58. The first-order valence-electron chi connectivity index (χ1n) is 7.32. The Bertz CT molecular complexity index is 664. The molecule has 1 amide bonds. The van der Waals surface area contributed by atoms with Crippen LogP contribution in [0.2, 0.25) is 0 Å². The van der Waals surface area contributed by atoms with Crippen LogP contribution < -0.4 is 10.1 Å². The van der Waals surface area contributed by atoms with E-state index in [9.17, 15) is 4.79 Å². The first kappa shape index (κ1) is 13.7. The molecule has 0 spiro atoms. The summed E-state index contributed by atoms with van der Waals surface area (Å²) in [4.78, 5) is 11.9. The molecule has 1 aliphatic carbocycles. The first-order chi connectivity index (χ1) is 10.2. The standard InChI is InChI=1S/C18H19NO2/c1-13-4-2-7-16(10-13)19-18(20)12-21-17-9-8-14-5-3-6-15(14)11-17/h2,4,7-11H,3,5-6,12H2,1H3,(H,19,20). The quantitative estimate of drug-likeness (QED) is 0.931. The van der Waals surface area contributed by atoms with Crippen molar-refractivity contribution in [3.05, 3.63) is 59.2 Å². The Kier molecular flexibility index (Phi) is 3.91. The molecular weight excluding hydrogens is 262 g/mol. The van der Waals surface area contributed by atoms with Gasteiger partial charge in [-0.3, -0.25) is 4.79 Å². The van der Waals surface area contributed by atoms with Gasteiger partial charge in [-0.25, -0.2) is 0 Å². The number of carbonyl (C=O) groups is 1. The molecule has 108 valence electrons. The van der Waals surface area contributed by atoms with Gasteiger partial charge in [0.05, 0.1) is 0 Å². The Morgan fingerprint density at radius 3 is 2.86 bits per heavy atom. The van der Waals surface area contributed by atoms with Gasteiger partial charge in [0.1, 0.15) is 5.75 Å². The van der Waals surface area contributed by atoms with Gasteiger partial charge in [-0.05, 0) is 67.1 Å². The maximum Gasteiger partial charge on any atom is 0.262 e. The zero-order valence-electron chi connectivity index (χ0n) is 12.2. The lowest BCUT2D eigenvalue weighted by Crippen LogP contribution is -2.20. The highest BCUT2D eigenvalue weighted by atomic mass is 16.5. The van der Waals surface area contributed by atoms with Crippen molar-refractivity contribution in [2.45, 2.75) is 26.2 Å². The molecule has 21 heavy (non-hydrogen) atoms. The number of nitrogens with one attached hydrogen (secondary N) is 1. The van der Waals surface area contributed by atoms with E-state index in [0.29, 0.717) is 0 Å². The third-order valence-electron chi connectivity index (χ3n) is 3.74. The highest BCUT2D eigenvalue weighted by Crippen LogP contribution is 2.25. The number of hydrogen-bond acceptors (Lipinski definition) is 2. The van der Waals surface area contributed by atoms with Crippen molar-refractivity contribution in [2.75, 3.05) is 11.9 Å². The minimum atomic E-state index is -0.138. The zero-order valence-corrected chi connectivity index (χ0v) is 12.2. The van der Waals surface area contributed by atoms with Crippen molar-refractivity contribution in [3.63, 3.8) is 0 Å². The molecule has 0 unspecified atom stereocenters. The smallest absolute Gasteiger partial charge is 0.262 e. The van der Waals surface area contributed by atoms with Crippen molar-refractivity contribution in [1.82, 2.24) is 0 Å². The van der Waals surface area contributed by atoms with Crippen molar-refractivity contribution in [2.24, 2.45) is 0 Å². The third-order valence-corrected chi connectivity index (χ3v) is 3.74. The highest BCUT2D eigenvalue weighted by Gasteiger charge is 2.11. The van der Waals surface area contributed by atoms with Gasteiger partial charge in [0.15, 0.2) is 6.61 Å². The van der Waals surface area contributed by atoms with E-state index in [0.717, 1.165) is 29.8 Å². The second-order valence-corrected chi connectivity index (χ2v) is 5.49. The predicted molar refractivity (Wildman–Crippen MR) is 83.8 cm³/mol. The Balaban J connectivity index is 1.56. The molecule has 0 aromatic heterocycles. The fraction of sp³-hybridized carbons (Fsp3) is 0.278. The number of ether oxygens (including phenoxy) is 1. The molecule has 3 nitrogen and oxygen atoms in total. The zero-order chi connectivity index (χ0) is 14.7. The second kappa shape index (κ2) is 6.00. The lowest BCUT2D eigenvalue weighted by atomic mass is 10.1. The molecule has 1 N–H and O–H groups in total. The van der Waals surface area contributed by atoms with Crippen LogP contribution in [0.4, 0.5) is 5.69 Å². The van der Waals surface area contributed by atoms with Crippen molar-refractivity contribution >= 4 is 11.6 Å². The highest BCUT2D eigenvalue weighted by molar-refractivity contribution is 5.91. The van der Waals surface area contributed by atoms with Gasteiger partial charge in [0.25, 0.3) is 5.91 Å². The number of hydrogen-bond donors (Lipinski definition) is 1. The number of aryl methyl sites for hydroxylation is 3. The van der Waals surface area contributed by atoms with E-state index in [2.05, 4.69) is 17.4 Å². The largest absolute Gasteiger partial charge is 0.484 e. The summed E-state index contributed by atoms with van der Waals surface area (Å²) in [7, 11) is 0. The van der Waals surface area contributed by atoms with Crippen LogP contribution in [0.15, 0.2) is 42.5 Å². The molecule has 1 aliphatic rings. The monoisotopic (exact) mass is 281 g/mol. The van der Waals surface area contributed by atoms with E-state index < -0.39 is 0 Å². The number of anilines is 1. The molecule has 0 saturated heterocycles. The van der Waals surface area contributed by atoms with Crippen LogP contribution in [-0.2, 0) is 17.6 Å². The van der Waals surface area contributed by atoms with E-state index in [1.807, 2.05) is 37.3 Å². The molecule has 0 bridgehead atoms. The van der Waals surface area contributed by atoms with Crippen LogP contribution in [0.1, 0.15) is 23.1 Å². The number of rotatable bonds is 4. The maximum absolute atomic E-state index is 11.9. The summed E-state index contributed by atoms with van der Waals surface area (Å²) >= 11 is 0. The van der Waals surface area contributed by atoms with Gasteiger partial charge in [-0.1, -0.05) is 18.2 Å². The summed E-state index contributed by atoms with van der Waals surface area (Å²) in [5.74, 6) is 0.635. The molecule has 3 heteroatoms. The number of benzene rings is 2. The molecule has 0 fully saturated rings. The Labute approximate surface area is 124 Å². The number of amides is 1. The van der Waals surface area contributed by atoms with Crippen molar-refractivity contribution in [3.8, 4) is 5.75 Å². The van der Waals surface area contributed by atoms with Gasteiger partial charge in [0.2, 0.25) is 0 Å². The maximum atomic E-state index is 11.9. The number of fused-ring (bicyclic) bond motifs is 1. The van der Waals surface area contributed by atoms with E-state index in [4.69, 9.17) is 4.74 Å². The van der Waals surface area contributed by atoms with Crippen LogP contribution in [0.3, 0.4) is 0 Å². The normalized spacial score (nSPS) is 12.8. The molecule has 2 aromatic rings. The first-order valence-corrected chi connectivity index (χ1v) is 7.32. The SMILES string of the molecule is Cc1cccc(NC(=O)COc2ccc3c(c2)CCC3)c1. The van der Waals surface area contributed by atoms with E-state index >= 15 is 0 Å². The minimum absolute atomic E-state index is 0.0345. The van der Waals surface area contributed by atoms with E-state index in [1.165, 1.54) is 17.5 Å². The summed E-state index contributed by atoms with van der Waals surface area (Å²) in [6.07, 6.45) is 3.48. The molecule has 2 aromatic carbocycles. The summed E-state index contributed by atoms with van der Waals surface area (Å²) in [5.41, 5.74) is 4.68. The lowest BCUT2D eigenvalue weighted by molar-refractivity contribution is -0.118. The van der Waals surface area contributed by atoms with Crippen molar-refractivity contribution in [1.29, 1.82) is 0 Å². The van der Waals surface area contributed by atoms with Gasteiger partial charge >= 0.3 is 0 Å². The number of carbonyl (C=O) groups excluding carboxylic acids is 1. The molecular formula is C18H19NO2. The molecule has 0 aliphatic heterocycles. The topological polar surface area (TPSA) is 38.3 Å². The third kappa shape index (κ3) is 3.43. The van der Waals surface area contributed by atoms with Gasteiger partial charge < -0.3 is 10.1 Å². The molecule has 3 rings (SSSR count). The fourth-order valence-corrected chi connectivity index (χ4v) is 2.71. The molecule has 0 saturated carbocycles. The summed E-state index contributed by atoms with van der Waals surface area (Å²) in [5, 5.41) is 2.84. The average molecular weight is 281 g/mol. The average Bonchev–Trinajstić information content (AvgIpc) is 2.92. The fourth-order valence-electron chi connectivity index (χ4n) is 2.71. The Morgan fingerprint density at radius 2 is 2.00 bits per heavy atom. The van der Waals surface area contributed by atoms with E-state index in [1.54, 1.807) is 0 Å². The van der Waals surface area contributed by atoms with Gasteiger partial charge in [0, 0.05) is 5.69 Å².